The van der Waals surface area contributed by atoms with Crippen LogP contribution in [0.25, 0.3) is 0 Å². The van der Waals surface area contributed by atoms with Crippen LogP contribution >= 0.6 is 0 Å². The van der Waals surface area contributed by atoms with Crippen molar-refractivity contribution in [1.29, 1.82) is 0 Å². The first-order valence-electron chi connectivity index (χ1n) is 5.98. The topological polar surface area (TPSA) is 36.5 Å². The SMILES string of the molecule is C#CCOCCNCCN1CCC(NC)C1. The number of likely N-dealkylation sites (tertiary alicyclic amines) is 1. The first-order chi connectivity index (χ1) is 7.86. The highest BCUT2D eigenvalue weighted by Gasteiger charge is 2.19. The van der Waals surface area contributed by atoms with Crippen LogP contribution in [0, 0.1) is 12.3 Å². The molecule has 4 nitrogen and oxygen atoms in total. The molecule has 2 N–H and O–H groups in total. The summed E-state index contributed by atoms with van der Waals surface area (Å²) >= 11 is 0. The van der Waals surface area contributed by atoms with E-state index in [0.29, 0.717) is 19.3 Å². The largest absolute Gasteiger partial charge is 0.367 e. The zero-order valence-corrected chi connectivity index (χ0v) is 10.2. The summed E-state index contributed by atoms with van der Waals surface area (Å²) in [4.78, 5) is 2.48. The molecule has 0 saturated carbocycles. The highest BCUT2D eigenvalue weighted by Crippen LogP contribution is 2.06. The second kappa shape index (κ2) is 8.54. The van der Waals surface area contributed by atoms with E-state index in [1.54, 1.807) is 0 Å². The molecule has 1 heterocycles. The molecule has 1 atom stereocenters. The van der Waals surface area contributed by atoms with Gasteiger partial charge in [-0.15, -0.1) is 6.42 Å². The highest BCUT2D eigenvalue weighted by molar-refractivity contribution is 4.82. The van der Waals surface area contributed by atoms with Gasteiger partial charge in [0.2, 0.25) is 0 Å². The molecule has 1 aliphatic rings. The van der Waals surface area contributed by atoms with Gasteiger partial charge >= 0.3 is 0 Å². The average Bonchev–Trinajstić information content (AvgIpc) is 2.76. The number of nitrogens with one attached hydrogen (secondary N) is 2. The molecule has 0 aromatic carbocycles. The zero-order chi connectivity index (χ0) is 11.6. The van der Waals surface area contributed by atoms with E-state index in [2.05, 4.69) is 21.5 Å². The molecule has 1 saturated heterocycles. The standard InChI is InChI=1S/C12H23N3O/c1-3-9-16-10-6-14-5-8-15-7-4-12(11-15)13-2/h1,12-14H,4-11H2,2H3. The number of hydrogen-bond acceptors (Lipinski definition) is 4. The number of likely N-dealkylation sites (N-methyl/N-ethyl adjacent to an activating group) is 1. The predicted octanol–water partition coefficient (Wildman–Crippen LogP) is -0.480. The van der Waals surface area contributed by atoms with E-state index in [0.717, 1.165) is 19.6 Å². The van der Waals surface area contributed by atoms with Crippen molar-refractivity contribution in [1.82, 2.24) is 15.5 Å². The lowest BCUT2D eigenvalue weighted by Gasteiger charge is -2.16. The van der Waals surface area contributed by atoms with Crippen LogP contribution in [0.4, 0.5) is 0 Å². The van der Waals surface area contributed by atoms with Crippen molar-refractivity contribution in [2.75, 3.05) is 53.0 Å². The van der Waals surface area contributed by atoms with Crippen LogP contribution in [0.2, 0.25) is 0 Å². The Balaban J connectivity index is 1.87. The normalized spacial score (nSPS) is 21.1. The third-order valence-electron chi connectivity index (χ3n) is 2.89. The molecular weight excluding hydrogens is 202 g/mol. The Hall–Kier alpha value is -0.600. The van der Waals surface area contributed by atoms with Crippen molar-refractivity contribution in [3.63, 3.8) is 0 Å². The molecule has 4 heteroatoms. The van der Waals surface area contributed by atoms with Crippen LogP contribution < -0.4 is 10.6 Å². The lowest BCUT2D eigenvalue weighted by molar-refractivity contribution is 0.167. The summed E-state index contributed by atoms with van der Waals surface area (Å²) < 4.78 is 5.17. The van der Waals surface area contributed by atoms with Gasteiger partial charge in [-0.1, -0.05) is 5.92 Å². The molecule has 92 valence electrons. The smallest absolute Gasteiger partial charge is 0.107 e. The van der Waals surface area contributed by atoms with Crippen LogP contribution in [-0.4, -0.2) is 63.9 Å². The van der Waals surface area contributed by atoms with Crippen molar-refractivity contribution in [2.45, 2.75) is 12.5 Å². The van der Waals surface area contributed by atoms with Crippen LogP contribution in [0.5, 0.6) is 0 Å². The molecule has 0 amide bonds. The number of terminal acetylenes is 1. The zero-order valence-electron chi connectivity index (χ0n) is 10.2. The van der Waals surface area contributed by atoms with Gasteiger partial charge in [0.15, 0.2) is 0 Å². The summed E-state index contributed by atoms with van der Waals surface area (Å²) in [6.45, 7) is 6.52. The summed E-state index contributed by atoms with van der Waals surface area (Å²) in [7, 11) is 2.04. The lowest BCUT2D eigenvalue weighted by atomic mass is 10.3. The number of hydrogen-bond donors (Lipinski definition) is 2. The van der Waals surface area contributed by atoms with Crippen molar-refractivity contribution < 1.29 is 4.74 Å². The first-order valence-corrected chi connectivity index (χ1v) is 5.98. The van der Waals surface area contributed by atoms with Crippen molar-refractivity contribution in [3.05, 3.63) is 0 Å². The lowest BCUT2D eigenvalue weighted by Crippen LogP contribution is -2.34. The molecule has 0 aliphatic carbocycles. The molecular formula is C12H23N3O. The molecule has 1 aliphatic heterocycles. The minimum atomic E-state index is 0.414. The van der Waals surface area contributed by atoms with Gasteiger partial charge in [-0.2, -0.15) is 0 Å². The second-order valence-electron chi connectivity index (χ2n) is 4.08. The number of nitrogens with zero attached hydrogens (tertiary/aromatic N) is 1. The molecule has 1 fully saturated rings. The fourth-order valence-corrected chi connectivity index (χ4v) is 1.91. The van der Waals surface area contributed by atoms with E-state index < -0.39 is 0 Å². The van der Waals surface area contributed by atoms with Crippen molar-refractivity contribution in [2.24, 2.45) is 0 Å². The van der Waals surface area contributed by atoms with Crippen LogP contribution in [0.15, 0.2) is 0 Å². The summed E-state index contributed by atoms with van der Waals surface area (Å²) in [5.74, 6) is 2.45. The quantitative estimate of drug-likeness (QED) is 0.432. The Morgan fingerprint density at radius 2 is 2.38 bits per heavy atom. The Labute approximate surface area is 98.7 Å². The maximum absolute atomic E-state index is 5.17. The van der Waals surface area contributed by atoms with Crippen LogP contribution in [0.3, 0.4) is 0 Å². The second-order valence-corrected chi connectivity index (χ2v) is 4.08. The van der Waals surface area contributed by atoms with Gasteiger partial charge in [0, 0.05) is 32.2 Å². The maximum atomic E-state index is 5.17. The summed E-state index contributed by atoms with van der Waals surface area (Å²) in [5, 5.41) is 6.67. The molecule has 0 aromatic heterocycles. The third-order valence-corrected chi connectivity index (χ3v) is 2.89. The van der Waals surface area contributed by atoms with Gasteiger partial charge in [-0.25, -0.2) is 0 Å². The molecule has 0 spiro atoms. The fourth-order valence-electron chi connectivity index (χ4n) is 1.91. The molecule has 16 heavy (non-hydrogen) atoms. The third kappa shape index (κ3) is 5.47. The average molecular weight is 225 g/mol. The van der Waals surface area contributed by atoms with E-state index in [4.69, 9.17) is 11.2 Å². The maximum Gasteiger partial charge on any atom is 0.107 e. The molecule has 1 unspecified atom stereocenters. The van der Waals surface area contributed by atoms with E-state index in [1.807, 2.05) is 7.05 Å². The number of rotatable bonds is 8. The van der Waals surface area contributed by atoms with E-state index in [-0.39, 0.29) is 0 Å². The van der Waals surface area contributed by atoms with Gasteiger partial charge < -0.3 is 20.3 Å². The van der Waals surface area contributed by atoms with E-state index in [1.165, 1.54) is 19.5 Å². The van der Waals surface area contributed by atoms with E-state index in [9.17, 15) is 0 Å². The van der Waals surface area contributed by atoms with Gasteiger partial charge in [0.25, 0.3) is 0 Å². The molecule has 0 bridgehead atoms. The van der Waals surface area contributed by atoms with Crippen molar-refractivity contribution in [3.8, 4) is 12.3 Å². The van der Waals surface area contributed by atoms with E-state index >= 15 is 0 Å². The fraction of sp³-hybridized carbons (Fsp3) is 0.833. The van der Waals surface area contributed by atoms with Crippen molar-refractivity contribution >= 4 is 0 Å². The first kappa shape index (κ1) is 13.5. The highest BCUT2D eigenvalue weighted by atomic mass is 16.5. The van der Waals surface area contributed by atoms with Gasteiger partial charge in [-0.05, 0) is 20.0 Å². The Bertz CT molecular complexity index is 215. The summed E-state index contributed by atoms with van der Waals surface area (Å²) in [6, 6.07) is 0.680. The summed E-state index contributed by atoms with van der Waals surface area (Å²) in [6.07, 6.45) is 6.34. The molecule has 1 rings (SSSR count). The minimum Gasteiger partial charge on any atom is -0.367 e. The van der Waals surface area contributed by atoms with Gasteiger partial charge in [-0.3, -0.25) is 0 Å². The van der Waals surface area contributed by atoms with Gasteiger partial charge in [0.1, 0.15) is 6.61 Å². The van der Waals surface area contributed by atoms with Gasteiger partial charge in [0.05, 0.1) is 6.61 Å². The minimum absolute atomic E-state index is 0.414. The Morgan fingerprint density at radius 3 is 3.06 bits per heavy atom. The predicted molar refractivity (Wildman–Crippen MR) is 66.4 cm³/mol. The molecule has 0 aromatic rings. The van der Waals surface area contributed by atoms with Crippen LogP contribution in [-0.2, 0) is 4.74 Å². The van der Waals surface area contributed by atoms with Crippen LogP contribution in [0.1, 0.15) is 6.42 Å². The summed E-state index contributed by atoms with van der Waals surface area (Å²) in [5.41, 5.74) is 0. The Morgan fingerprint density at radius 1 is 1.50 bits per heavy atom. The molecule has 0 radical (unpaired) electrons. The Kier molecular flexibility index (Phi) is 7.19. The number of ether oxygens (including phenoxy) is 1. The monoisotopic (exact) mass is 225 g/mol.